The molecule has 1 aromatic carbocycles. The Morgan fingerprint density at radius 3 is 2.50 bits per heavy atom. The number of hydrogen-bond acceptors (Lipinski definition) is 4. The van der Waals surface area contributed by atoms with E-state index < -0.39 is 15.6 Å². The molecule has 20 heavy (non-hydrogen) atoms. The summed E-state index contributed by atoms with van der Waals surface area (Å²) >= 11 is 7.25. The number of Topliss-reactive ketones (excluding diaryl/α,β-unsaturated/α-hetero) is 1. The van der Waals surface area contributed by atoms with Crippen LogP contribution in [0, 0.1) is 6.92 Å². The molecule has 0 saturated heterocycles. The second-order valence-electron chi connectivity index (χ2n) is 4.46. The van der Waals surface area contributed by atoms with E-state index in [1.165, 1.54) is 11.3 Å². The molecule has 0 N–H and O–H groups in total. The van der Waals surface area contributed by atoms with E-state index in [2.05, 4.69) is 0 Å². The zero-order valence-electron chi connectivity index (χ0n) is 10.8. The first kappa shape index (κ1) is 15.2. The summed E-state index contributed by atoms with van der Waals surface area (Å²) in [5.74, 6) is -1.07. The van der Waals surface area contributed by atoms with Crippen LogP contribution in [0.1, 0.15) is 20.1 Å². The summed E-state index contributed by atoms with van der Waals surface area (Å²) in [5, 5.41) is 0.399. The molecule has 3 nitrogen and oxygen atoms in total. The first-order chi connectivity index (χ1) is 9.37. The van der Waals surface area contributed by atoms with E-state index in [1.807, 2.05) is 6.92 Å². The number of rotatable bonds is 5. The van der Waals surface area contributed by atoms with Crippen LogP contribution in [0.25, 0.3) is 0 Å². The Kier molecular flexibility index (Phi) is 4.62. The molecule has 2 aromatic rings. The van der Waals surface area contributed by atoms with Crippen LogP contribution in [0.3, 0.4) is 0 Å². The van der Waals surface area contributed by atoms with Gasteiger partial charge in [-0.1, -0.05) is 29.8 Å². The van der Waals surface area contributed by atoms with Crippen LogP contribution >= 0.6 is 22.9 Å². The number of halogens is 1. The molecule has 0 spiro atoms. The number of thiophene rings is 1. The number of carbonyl (C=O) groups excluding carboxylic acids is 1. The molecule has 0 saturated carbocycles. The third-order valence-corrected chi connectivity index (χ3v) is 5.56. The first-order valence-electron chi connectivity index (χ1n) is 5.91. The maximum Gasteiger partial charge on any atom is 0.187 e. The Morgan fingerprint density at radius 2 is 1.90 bits per heavy atom. The Bertz CT molecular complexity index is 732. The van der Waals surface area contributed by atoms with Crippen molar-refractivity contribution in [2.45, 2.75) is 12.7 Å². The lowest BCUT2D eigenvalue weighted by atomic mass is 10.2. The van der Waals surface area contributed by atoms with Gasteiger partial charge in [-0.15, -0.1) is 11.3 Å². The number of ketones is 1. The van der Waals surface area contributed by atoms with Gasteiger partial charge in [0.05, 0.1) is 10.6 Å². The van der Waals surface area contributed by atoms with Crippen molar-refractivity contribution in [3.8, 4) is 0 Å². The minimum absolute atomic E-state index is 0.219. The monoisotopic (exact) mass is 328 g/mol. The molecule has 0 unspecified atom stereocenters. The molecule has 1 heterocycles. The Balaban J connectivity index is 2.12. The number of benzene rings is 1. The van der Waals surface area contributed by atoms with E-state index >= 15 is 0 Å². The van der Waals surface area contributed by atoms with Gasteiger partial charge in [0.25, 0.3) is 0 Å². The molecule has 0 radical (unpaired) electrons. The van der Waals surface area contributed by atoms with Crippen LogP contribution in [0.15, 0.2) is 36.4 Å². The fraction of sp³-hybridized carbons (Fsp3) is 0.214. The van der Waals surface area contributed by atoms with E-state index in [-0.39, 0.29) is 11.5 Å². The highest BCUT2D eigenvalue weighted by Gasteiger charge is 2.20. The van der Waals surface area contributed by atoms with Crippen LogP contribution in [0.4, 0.5) is 0 Å². The topological polar surface area (TPSA) is 51.2 Å². The molecule has 0 aliphatic carbocycles. The summed E-state index contributed by atoms with van der Waals surface area (Å²) in [6.45, 7) is 1.87. The van der Waals surface area contributed by atoms with Gasteiger partial charge in [0.15, 0.2) is 15.6 Å². The highest BCUT2D eigenvalue weighted by Crippen LogP contribution is 2.20. The van der Waals surface area contributed by atoms with Gasteiger partial charge in [-0.3, -0.25) is 4.79 Å². The van der Waals surface area contributed by atoms with Gasteiger partial charge in [0, 0.05) is 9.90 Å². The summed E-state index contributed by atoms with van der Waals surface area (Å²) < 4.78 is 24.1. The molecule has 0 aliphatic rings. The summed E-state index contributed by atoms with van der Waals surface area (Å²) in [4.78, 5) is 13.4. The average molecular weight is 329 g/mol. The van der Waals surface area contributed by atoms with Crippen molar-refractivity contribution in [1.29, 1.82) is 0 Å². The molecule has 2 rings (SSSR count). The molecule has 0 amide bonds. The van der Waals surface area contributed by atoms with E-state index in [4.69, 9.17) is 11.6 Å². The second-order valence-corrected chi connectivity index (χ2v) is 8.22. The third-order valence-electron chi connectivity index (χ3n) is 2.70. The SMILES string of the molecule is Cc1ccc(C(=O)CS(=O)(=O)Cc2ccccc2Cl)s1. The lowest BCUT2D eigenvalue weighted by Gasteiger charge is -2.05. The van der Waals surface area contributed by atoms with Crippen LogP contribution in [-0.4, -0.2) is 20.0 Å². The van der Waals surface area contributed by atoms with Crippen molar-refractivity contribution in [2.24, 2.45) is 0 Å². The molecule has 0 aliphatic heterocycles. The third kappa shape index (κ3) is 3.91. The van der Waals surface area contributed by atoms with Gasteiger partial charge in [0.2, 0.25) is 0 Å². The number of carbonyl (C=O) groups is 1. The molecular weight excluding hydrogens is 316 g/mol. The number of hydrogen-bond donors (Lipinski definition) is 0. The normalized spacial score (nSPS) is 11.5. The smallest absolute Gasteiger partial charge is 0.187 e. The summed E-state index contributed by atoms with van der Waals surface area (Å²) in [5.41, 5.74) is 0.518. The zero-order chi connectivity index (χ0) is 14.8. The Labute approximate surface area is 127 Å². The van der Waals surface area contributed by atoms with Crippen LogP contribution < -0.4 is 0 Å². The van der Waals surface area contributed by atoms with Gasteiger partial charge < -0.3 is 0 Å². The summed E-state index contributed by atoms with van der Waals surface area (Å²) in [6.07, 6.45) is 0. The lowest BCUT2D eigenvalue weighted by Crippen LogP contribution is -2.17. The predicted molar refractivity (Wildman–Crippen MR) is 82.3 cm³/mol. The van der Waals surface area contributed by atoms with Gasteiger partial charge >= 0.3 is 0 Å². The summed E-state index contributed by atoms with van der Waals surface area (Å²) in [6, 6.07) is 10.2. The minimum atomic E-state index is -3.52. The van der Waals surface area contributed by atoms with Crippen molar-refractivity contribution in [2.75, 3.05) is 5.75 Å². The Hall–Kier alpha value is -1.17. The standard InChI is InChI=1S/C14H13ClO3S2/c1-10-6-7-14(19-10)13(16)9-20(17,18)8-11-4-2-3-5-12(11)15/h2-7H,8-9H2,1H3. The summed E-state index contributed by atoms with van der Waals surface area (Å²) in [7, 11) is -3.52. The number of sulfone groups is 1. The Morgan fingerprint density at radius 1 is 1.20 bits per heavy atom. The maximum absolute atomic E-state index is 12.1. The first-order valence-corrected chi connectivity index (χ1v) is 8.92. The molecule has 106 valence electrons. The predicted octanol–water partition coefficient (Wildman–Crippen LogP) is 3.51. The quantitative estimate of drug-likeness (QED) is 0.789. The van der Waals surface area contributed by atoms with E-state index in [0.717, 1.165) is 4.88 Å². The van der Waals surface area contributed by atoms with Crippen LogP contribution in [0.2, 0.25) is 5.02 Å². The maximum atomic E-state index is 12.1. The zero-order valence-corrected chi connectivity index (χ0v) is 13.2. The van der Waals surface area contributed by atoms with Crippen molar-refractivity contribution in [1.82, 2.24) is 0 Å². The largest absolute Gasteiger partial charge is 0.292 e. The van der Waals surface area contributed by atoms with Crippen molar-refractivity contribution < 1.29 is 13.2 Å². The second kappa shape index (κ2) is 6.08. The molecule has 0 bridgehead atoms. The molecule has 0 fully saturated rings. The van der Waals surface area contributed by atoms with E-state index in [9.17, 15) is 13.2 Å². The van der Waals surface area contributed by atoms with Gasteiger partial charge in [-0.05, 0) is 30.7 Å². The van der Waals surface area contributed by atoms with Crippen molar-refractivity contribution in [3.63, 3.8) is 0 Å². The number of aryl methyl sites for hydroxylation is 1. The fourth-order valence-electron chi connectivity index (χ4n) is 1.76. The lowest BCUT2D eigenvalue weighted by molar-refractivity contribution is 0.102. The highest BCUT2D eigenvalue weighted by atomic mass is 35.5. The molecular formula is C14H13ClO3S2. The van der Waals surface area contributed by atoms with E-state index in [1.54, 1.807) is 36.4 Å². The fourth-order valence-corrected chi connectivity index (χ4v) is 4.32. The van der Waals surface area contributed by atoms with Gasteiger partial charge in [0.1, 0.15) is 5.75 Å². The van der Waals surface area contributed by atoms with Crippen molar-refractivity contribution in [3.05, 3.63) is 56.7 Å². The van der Waals surface area contributed by atoms with Crippen LogP contribution in [0.5, 0.6) is 0 Å². The highest BCUT2D eigenvalue weighted by molar-refractivity contribution is 7.91. The van der Waals surface area contributed by atoms with Gasteiger partial charge in [-0.25, -0.2) is 8.42 Å². The molecule has 1 aromatic heterocycles. The minimum Gasteiger partial charge on any atom is -0.292 e. The molecule has 0 atom stereocenters. The van der Waals surface area contributed by atoms with Gasteiger partial charge in [-0.2, -0.15) is 0 Å². The van der Waals surface area contributed by atoms with Crippen molar-refractivity contribution >= 4 is 38.6 Å². The molecule has 6 heteroatoms. The van der Waals surface area contributed by atoms with Crippen LogP contribution in [-0.2, 0) is 15.6 Å². The van der Waals surface area contributed by atoms with E-state index in [0.29, 0.717) is 15.5 Å². The average Bonchev–Trinajstić information content (AvgIpc) is 2.78.